The number of fused-ring (bicyclic) bond motifs is 1. The molecule has 1 aliphatic heterocycles. The number of hydrogen-bond acceptors (Lipinski definition) is 4. The molecule has 0 spiro atoms. The summed E-state index contributed by atoms with van der Waals surface area (Å²) < 4.78 is 5.79. The van der Waals surface area contributed by atoms with E-state index in [0.29, 0.717) is 17.0 Å². The van der Waals surface area contributed by atoms with Crippen LogP contribution >= 0.6 is 0 Å². The molecule has 0 aromatic heterocycles. The van der Waals surface area contributed by atoms with Crippen molar-refractivity contribution in [2.45, 2.75) is 64.5 Å². The molecule has 1 N–H and O–H groups in total. The summed E-state index contributed by atoms with van der Waals surface area (Å²) in [6, 6.07) is 5.17. The van der Waals surface area contributed by atoms with Crippen LogP contribution in [-0.4, -0.2) is 35.8 Å². The highest BCUT2D eigenvalue weighted by atomic mass is 16.5. The first kappa shape index (κ1) is 18.4. The standard InChI is InChI=1S/C20H26N2O4/c1-13(23)14-9-10-17-16(11-14)22(19(25)20(2,3)26-17)12-18(24)21-15-7-5-4-6-8-15/h9-11,15H,4-8,12H2,1-3H3,(H,21,24). The lowest BCUT2D eigenvalue weighted by molar-refractivity contribution is -0.134. The van der Waals surface area contributed by atoms with Crippen molar-refractivity contribution in [1.29, 1.82) is 0 Å². The van der Waals surface area contributed by atoms with Crippen molar-refractivity contribution in [3.63, 3.8) is 0 Å². The predicted molar refractivity (Wildman–Crippen MR) is 98.5 cm³/mol. The molecule has 2 aliphatic rings. The van der Waals surface area contributed by atoms with Crippen molar-refractivity contribution < 1.29 is 19.1 Å². The quantitative estimate of drug-likeness (QED) is 0.840. The SMILES string of the molecule is CC(=O)c1ccc2c(c1)N(CC(=O)NC1CCCCC1)C(=O)C(C)(C)O2. The normalized spacial score (nSPS) is 19.5. The van der Waals surface area contributed by atoms with Crippen molar-refractivity contribution in [3.05, 3.63) is 23.8 Å². The summed E-state index contributed by atoms with van der Waals surface area (Å²) in [5.74, 6) is -0.0617. The van der Waals surface area contributed by atoms with Gasteiger partial charge in [-0.1, -0.05) is 19.3 Å². The maximum atomic E-state index is 12.9. The maximum Gasteiger partial charge on any atom is 0.271 e. The average molecular weight is 358 g/mol. The van der Waals surface area contributed by atoms with Gasteiger partial charge in [0.05, 0.1) is 5.69 Å². The molecule has 1 aliphatic carbocycles. The molecule has 1 fully saturated rings. The highest BCUT2D eigenvalue weighted by Crippen LogP contribution is 2.38. The number of hydrogen-bond donors (Lipinski definition) is 1. The Kier molecular flexibility index (Phi) is 5.03. The number of carbonyl (C=O) groups is 3. The molecule has 140 valence electrons. The first-order valence-corrected chi connectivity index (χ1v) is 9.23. The molecule has 6 nitrogen and oxygen atoms in total. The van der Waals surface area contributed by atoms with Gasteiger partial charge in [-0.2, -0.15) is 0 Å². The van der Waals surface area contributed by atoms with Gasteiger partial charge >= 0.3 is 0 Å². The number of benzene rings is 1. The molecule has 0 saturated heterocycles. The van der Waals surface area contributed by atoms with E-state index in [1.165, 1.54) is 18.2 Å². The van der Waals surface area contributed by atoms with E-state index in [0.717, 1.165) is 25.7 Å². The summed E-state index contributed by atoms with van der Waals surface area (Å²) in [4.78, 5) is 38.5. The highest BCUT2D eigenvalue weighted by molar-refractivity contribution is 6.07. The van der Waals surface area contributed by atoms with Crippen LogP contribution in [0.2, 0.25) is 0 Å². The van der Waals surface area contributed by atoms with Gasteiger partial charge < -0.3 is 10.1 Å². The van der Waals surface area contributed by atoms with E-state index in [-0.39, 0.29) is 30.2 Å². The molecule has 3 rings (SSSR count). The third kappa shape index (κ3) is 3.74. The Morgan fingerprint density at radius 1 is 1.23 bits per heavy atom. The van der Waals surface area contributed by atoms with Crippen LogP contribution < -0.4 is 15.0 Å². The lowest BCUT2D eigenvalue weighted by Crippen LogP contribution is -2.55. The number of anilines is 1. The first-order chi connectivity index (χ1) is 12.3. The van der Waals surface area contributed by atoms with E-state index in [1.807, 2.05) is 0 Å². The Bertz CT molecular complexity index is 735. The Morgan fingerprint density at radius 3 is 2.58 bits per heavy atom. The third-order valence-corrected chi connectivity index (χ3v) is 5.05. The van der Waals surface area contributed by atoms with E-state index in [4.69, 9.17) is 4.74 Å². The lowest BCUT2D eigenvalue weighted by Gasteiger charge is -2.38. The molecule has 1 saturated carbocycles. The minimum Gasteiger partial charge on any atom is -0.476 e. The Balaban J connectivity index is 1.84. The second kappa shape index (κ2) is 7.09. The van der Waals surface area contributed by atoms with E-state index in [9.17, 15) is 14.4 Å². The van der Waals surface area contributed by atoms with Gasteiger partial charge in [-0.15, -0.1) is 0 Å². The van der Waals surface area contributed by atoms with E-state index < -0.39 is 5.60 Å². The fraction of sp³-hybridized carbons (Fsp3) is 0.550. The Morgan fingerprint density at radius 2 is 1.92 bits per heavy atom. The number of ether oxygens (including phenoxy) is 1. The van der Waals surface area contributed by atoms with Crippen LogP contribution in [0.1, 0.15) is 63.2 Å². The van der Waals surface area contributed by atoms with Crippen molar-refractivity contribution in [2.75, 3.05) is 11.4 Å². The number of amides is 2. The third-order valence-electron chi connectivity index (χ3n) is 5.05. The average Bonchev–Trinajstić information content (AvgIpc) is 2.59. The van der Waals surface area contributed by atoms with Crippen LogP contribution in [0.4, 0.5) is 5.69 Å². The van der Waals surface area contributed by atoms with Crippen LogP contribution in [0.5, 0.6) is 5.75 Å². The van der Waals surface area contributed by atoms with Crippen molar-refractivity contribution in [3.8, 4) is 5.75 Å². The fourth-order valence-electron chi connectivity index (χ4n) is 3.61. The number of Topliss-reactive ketones (excluding diaryl/α,β-unsaturated/α-hetero) is 1. The zero-order valence-electron chi connectivity index (χ0n) is 15.6. The largest absolute Gasteiger partial charge is 0.476 e. The van der Waals surface area contributed by atoms with Gasteiger partial charge in [-0.25, -0.2) is 0 Å². The van der Waals surface area contributed by atoms with Gasteiger partial charge in [-0.3, -0.25) is 19.3 Å². The van der Waals surface area contributed by atoms with Gasteiger partial charge in [0.2, 0.25) is 5.91 Å². The Labute approximate surface area is 153 Å². The molecule has 0 bridgehead atoms. The van der Waals surface area contributed by atoms with Crippen LogP contribution in [0.3, 0.4) is 0 Å². The maximum absolute atomic E-state index is 12.9. The van der Waals surface area contributed by atoms with Crippen LogP contribution in [-0.2, 0) is 9.59 Å². The van der Waals surface area contributed by atoms with Gasteiger partial charge in [0.1, 0.15) is 12.3 Å². The molecular weight excluding hydrogens is 332 g/mol. The number of nitrogens with zero attached hydrogens (tertiary/aromatic N) is 1. The smallest absolute Gasteiger partial charge is 0.271 e. The van der Waals surface area contributed by atoms with E-state index in [2.05, 4.69) is 5.32 Å². The van der Waals surface area contributed by atoms with Crippen molar-refractivity contribution in [1.82, 2.24) is 5.32 Å². The zero-order valence-corrected chi connectivity index (χ0v) is 15.6. The number of nitrogens with one attached hydrogen (secondary N) is 1. The molecule has 1 heterocycles. The van der Waals surface area contributed by atoms with E-state index in [1.54, 1.807) is 32.0 Å². The van der Waals surface area contributed by atoms with Gasteiger partial charge in [0, 0.05) is 11.6 Å². The minimum absolute atomic E-state index is 0.0729. The van der Waals surface area contributed by atoms with Crippen LogP contribution in [0.25, 0.3) is 0 Å². The molecule has 2 amide bonds. The van der Waals surface area contributed by atoms with Gasteiger partial charge in [-0.05, 0) is 51.8 Å². The summed E-state index contributed by atoms with van der Waals surface area (Å²) >= 11 is 0. The molecular formula is C20H26N2O4. The molecule has 0 radical (unpaired) electrons. The minimum atomic E-state index is -1.06. The summed E-state index contributed by atoms with van der Waals surface area (Å²) in [6.45, 7) is 4.76. The lowest BCUT2D eigenvalue weighted by atomic mass is 9.95. The Hall–Kier alpha value is -2.37. The van der Waals surface area contributed by atoms with Gasteiger partial charge in [0.25, 0.3) is 5.91 Å². The van der Waals surface area contributed by atoms with Gasteiger partial charge in [0.15, 0.2) is 11.4 Å². The summed E-state index contributed by atoms with van der Waals surface area (Å²) in [6.07, 6.45) is 5.43. The predicted octanol–water partition coefficient (Wildman–Crippen LogP) is 2.84. The molecule has 1 aromatic carbocycles. The van der Waals surface area contributed by atoms with Crippen LogP contribution in [0.15, 0.2) is 18.2 Å². The fourth-order valence-corrected chi connectivity index (χ4v) is 3.61. The number of ketones is 1. The molecule has 0 unspecified atom stereocenters. The topological polar surface area (TPSA) is 75.7 Å². The summed E-state index contributed by atoms with van der Waals surface area (Å²) in [7, 11) is 0. The molecule has 0 atom stereocenters. The zero-order chi connectivity index (χ0) is 18.9. The second-order valence-electron chi connectivity index (χ2n) is 7.64. The van der Waals surface area contributed by atoms with E-state index >= 15 is 0 Å². The number of carbonyl (C=O) groups excluding carboxylic acids is 3. The highest BCUT2D eigenvalue weighted by Gasteiger charge is 2.41. The molecule has 6 heteroatoms. The first-order valence-electron chi connectivity index (χ1n) is 9.23. The monoisotopic (exact) mass is 358 g/mol. The summed E-state index contributed by atoms with van der Waals surface area (Å²) in [5.41, 5.74) is -0.103. The number of rotatable bonds is 4. The van der Waals surface area contributed by atoms with Crippen molar-refractivity contribution in [2.24, 2.45) is 0 Å². The second-order valence-corrected chi connectivity index (χ2v) is 7.64. The molecule has 26 heavy (non-hydrogen) atoms. The summed E-state index contributed by atoms with van der Waals surface area (Å²) in [5, 5.41) is 3.04. The van der Waals surface area contributed by atoms with Crippen LogP contribution in [0, 0.1) is 0 Å². The molecule has 1 aromatic rings. The van der Waals surface area contributed by atoms with Crippen molar-refractivity contribution >= 4 is 23.3 Å².